The number of nitrogens with one attached hydrogen (secondary N) is 1. The summed E-state index contributed by atoms with van der Waals surface area (Å²) in [6, 6.07) is 7.54. The zero-order valence-electron chi connectivity index (χ0n) is 11.6. The Labute approximate surface area is 114 Å². The minimum absolute atomic E-state index is 0.00888. The Balaban J connectivity index is 1.89. The number of fused-ring (bicyclic) bond motifs is 1. The van der Waals surface area contributed by atoms with E-state index < -0.39 is 6.10 Å². The van der Waals surface area contributed by atoms with Crippen LogP contribution in [0.4, 0.5) is 0 Å². The van der Waals surface area contributed by atoms with Crippen LogP contribution in [0.5, 0.6) is 11.5 Å². The van der Waals surface area contributed by atoms with Gasteiger partial charge in [-0.1, -0.05) is 25.5 Å². The third-order valence-electron chi connectivity index (χ3n) is 3.42. The smallest absolute Gasteiger partial charge is 0.161 e. The summed E-state index contributed by atoms with van der Waals surface area (Å²) in [6.07, 6.45) is 1.36. The van der Waals surface area contributed by atoms with Crippen molar-refractivity contribution in [2.75, 3.05) is 13.2 Å². The summed E-state index contributed by atoms with van der Waals surface area (Å²) in [5.74, 6) is 1.45. The fourth-order valence-corrected chi connectivity index (χ4v) is 2.15. The van der Waals surface area contributed by atoms with Crippen molar-refractivity contribution in [1.82, 2.24) is 5.32 Å². The third-order valence-corrected chi connectivity index (χ3v) is 3.42. The van der Waals surface area contributed by atoms with Crippen molar-refractivity contribution in [2.24, 2.45) is 0 Å². The van der Waals surface area contributed by atoms with Gasteiger partial charge in [0.05, 0.1) is 0 Å². The first-order valence-corrected chi connectivity index (χ1v) is 7.02. The molecule has 1 aromatic rings. The summed E-state index contributed by atoms with van der Waals surface area (Å²) in [5, 5.41) is 13.6. The second-order valence-corrected chi connectivity index (χ2v) is 5.00. The first-order valence-electron chi connectivity index (χ1n) is 7.02. The number of hydrogen-bond donors (Lipinski definition) is 2. The molecule has 2 rings (SSSR count). The highest BCUT2D eigenvalue weighted by molar-refractivity contribution is 5.40. The van der Waals surface area contributed by atoms with Crippen LogP contribution in [-0.2, 0) is 0 Å². The molecule has 3 atom stereocenters. The molecule has 19 heavy (non-hydrogen) atoms. The van der Waals surface area contributed by atoms with Gasteiger partial charge in [0, 0.05) is 6.04 Å². The molecular formula is C15H23NO3. The Morgan fingerprint density at radius 2 is 2.11 bits per heavy atom. The molecule has 0 saturated carbocycles. The van der Waals surface area contributed by atoms with E-state index in [2.05, 4.69) is 12.2 Å². The molecule has 0 fully saturated rings. The Bertz CT molecular complexity index is 397. The fourth-order valence-electron chi connectivity index (χ4n) is 2.15. The van der Waals surface area contributed by atoms with Crippen molar-refractivity contribution < 1.29 is 14.6 Å². The number of rotatable bonds is 6. The number of para-hydroxylation sites is 2. The SMILES string of the molecule is CCCCN[C@H](C)[C@@H](O)[C@H]1COc2ccccc2O1. The Morgan fingerprint density at radius 1 is 1.37 bits per heavy atom. The first-order chi connectivity index (χ1) is 9.22. The fraction of sp³-hybridized carbons (Fsp3) is 0.600. The number of unbranched alkanes of at least 4 members (excludes halogenated alkanes) is 1. The van der Waals surface area contributed by atoms with E-state index in [0.717, 1.165) is 25.1 Å². The van der Waals surface area contributed by atoms with Crippen molar-refractivity contribution in [3.8, 4) is 11.5 Å². The zero-order valence-corrected chi connectivity index (χ0v) is 11.6. The summed E-state index contributed by atoms with van der Waals surface area (Å²) >= 11 is 0. The van der Waals surface area contributed by atoms with Gasteiger partial charge in [0.25, 0.3) is 0 Å². The van der Waals surface area contributed by atoms with Gasteiger partial charge in [0.1, 0.15) is 12.7 Å². The van der Waals surface area contributed by atoms with Gasteiger partial charge in [-0.25, -0.2) is 0 Å². The highest BCUT2D eigenvalue weighted by Crippen LogP contribution is 2.31. The van der Waals surface area contributed by atoms with E-state index in [4.69, 9.17) is 9.47 Å². The van der Waals surface area contributed by atoms with Gasteiger partial charge < -0.3 is 19.9 Å². The normalized spacial score (nSPS) is 20.9. The molecule has 1 heterocycles. The molecule has 106 valence electrons. The molecule has 0 saturated heterocycles. The van der Waals surface area contributed by atoms with Crippen LogP contribution in [0.3, 0.4) is 0 Å². The molecule has 4 nitrogen and oxygen atoms in total. The number of benzene rings is 1. The summed E-state index contributed by atoms with van der Waals surface area (Å²) in [4.78, 5) is 0. The maximum absolute atomic E-state index is 10.3. The highest BCUT2D eigenvalue weighted by Gasteiger charge is 2.30. The molecule has 0 radical (unpaired) electrons. The lowest BCUT2D eigenvalue weighted by atomic mass is 10.1. The molecule has 0 bridgehead atoms. The molecule has 0 unspecified atom stereocenters. The standard InChI is InChI=1S/C15H23NO3/c1-3-4-9-16-11(2)15(17)14-10-18-12-7-5-6-8-13(12)19-14/h5-8,11,14-17H,3-4,9-10H2,1-2H3/t11-,14-,15-/m1/s1. The topological polar surface area (TPSA) is 50.7 Å². The molecule has 0 spiro atoms. The lowest BCUT2D eigenvalue weighted by molar-refractivity contribution is -0.0246. The first kappa shape index (κ1) is 14.2. The van der Waals surface area contributed by atoms with Gasteiger partial charge in [-0.15, -0.1) is 0 Å². The molecular weight excluding hydrogens is 242 g/mol. The lowest BCUT2D eigenvalue weighted by Gasteiger charge is -2.32. The maximum atomic E-state index is 10.3. The zero-order chi connectivity index (χ0) is 13.7. The summed E-state index contributed by atoms with van der Waals surface area (Å²) in [5.41, 5.74) is 0. The molecule has 0 amide bonds. The maximum Gasteiger partial charge on any atom is 0.161 e. The van der Waals surface area contributed by atoms with Crippen LogP contribution in [0.1, 0.15) is 26.7 Å². The van der Waals surface area contributed by atoms with E-state index in [-0.39, 0.29) is 12.1 Å². The predicted molar refractivity (Wildman–Crippen MR) is 74.7 cm³/mol. The van der Waals surface area contributed by atoms with Crippen molar-refractivity contribution in [2.45, 2.75) is 44.9 Å². The Hall–Kier alpha value is -1.26. The average molecular weight is 265 g/mol. The van der Waals surface area contributed by atoms with Gasteiger partial charge in [-0.2, -0.15) is 0 Å². The van der Waals surface area contributed by atoms with Crippen molar-refractivity contribution >= 4 is 0 Å². The van der Waals surface area contributed by atoms with Crippen LogP contribution >= 0.6 is 0 Å². The largest absolute Gasteiger partial charge is 0.486 e. The summed E-state index contributed by atoms with van der Waals surface area (Å²) in [7, 11) is 0. The lowest BCUT2D eigenvalue weighted by Crippen LogP contribution is -2.50. The molecule has 1 aliphatic rings. The molecule has 2 N–H and O–H groups in total. The van der Waals surface area contributed by atoms with E-state index in [1.807, 2.05) is 31.2 Å². The number of aliphatic hydroxyl groups is 1. The summed E-state index contributed by atoms with van der Waals surface area (Å²) in [6.45, 7) is 5.43. The van der Waals surface area contributed by atoms with Gasteiger partial charge in [0.2, 0.25) is 0 Å². The van der Waals surface area contributed by atoms with Crippen molar-refractivity contribution in [3.63, 3.8) is 0 Å². The number of aliphatic hydroxyl groups excluding tert-OH is 1. The minimum Gasteiger partial charge on any atom is -0.486 e. The van der Waals surface area contributed by atoms with Crippen molar-refractivity contribution in [1.29, 1.82) is 0 Å². The third kappa shape index (κ3) is 3.61. The van der Waals surface area contributed by atoms with Crippen LogP contribution in [0, 0.1) is 0 Å². The van der Waals surface area contributed by atoms with E-state index in [1.165, 1.54) is 0 Å². The second kappa shape index (κ2) is 6.78. The molecule has 0 aliphatic carbocycles. The van der Waals surface area contributed by atoms with Gasteiger partial charge in [-0.3, -0.25) is 0 Å². The van der Waals surface area contributed by atoms with E-state index >= 15 is 0 Å². The summed E-state index contributed by atoms with van der Waals surface area (Å²) < 4.78 is 11.4. The van der Waals surface area contributed by atoms with Crippen LogP contribution in [-0.4, -0.2) is 36.5 Å². The van der Waals surface area contributed by atoms with E-state index in [0.29, 0.717) is 12.4 Å². The molecule has 0 aromatic heterocycles. The average Bonchev–Trinajstić information content (AvgIpc) is 2.46. The van der Waals surface area contributed by atoms with Crippen LogP contribution in [0.15, 0.2) is 24.3 Å². The number of ether oxygens (including phenoxy) is 2. The predicted octanol–water partition coefficient (Wildman–Crippen LogP) is 1.97. The molecule has 1 aromatic carbocycles. The van der Waals surface area contributed by atoms with E-state index in [9.17, 15) is 5.11 Å². The van der Waals surface area contributed by atoms with Crippen LogP contribution in [0.25, 0.3) is 0 Å². The van der Waals surface area contributed by atoms with Gasteiger partial charge in [-0.05, 0) is 32.0 Å². The van der Waals surface area contributed by atoms with Crippen LogP contribution < -0.4 is 14.8 Å². The highest BCUT2D eigenvalue weighted by atomic mass is 16.6. The van der Waals surface area contributed by atoms with E-state index in [1.54, 1.807) is 0 Å². The number of hydrogen-bond acceptors (Lipinski definition) is 4. The van der Waals surface area contributed by atoms with Gasteiger partial charge in [0.15, 0.2) is 17.6 Å². The Morgan fingerprint density at radius 3 is 2.84 bits per heavy atom. The quantitative estimate of drug-likeness (QED) is 0.772. The van der Waals surface area contributed by atoms with Crippen LogP contribution in [0.2, 0.25) is 0 Å². The monoisotopic (exact) mass is 265 g/mol. The molecule has 1 aliphatic heterocycles. The van der Waals surface area contributed by atoms with Crippen molar-refractivity contribution in [3.05, 3.63) is 24.3 Å². The second-order valence-electron chi connectivity index (χ2n) is 5.00. The Kier molecular flexibility index (Phi) is 5.05. The van der Waals surface area contributed by atoms with Gasteiger partial charge >= 0.3 is 0 Å². The minimum atomic E-state index is -0.579. The molecule has 4 heteroatoms.